The van der Waals surface area contributed by atoms with Crippen molar-refractivity contribution in [3.05, 3.63) is 15.8 Å². The number of quaternary nitrogens is 1. The predicted octanol–water partition coefficient (Wildman–Crippen LogP) is -0.675. The number of hydrogen-bond acceptors (Lipinski definition) is 4. The van der Waals surface area contributed by atoms with E-state index in [1.807, 2.05) is 0 Å². The minimum Gasteiger partial charge on any atom is -0.354 e. The molecule has 0 atom stereocenters. The predicted molar refractivity (Wildman–Crippen MR) is 82.4 cm³/mol. The number of aryl methyl sites for hydroxylation is 1. The summed E-state index contributed by atoms with van der Waals surface area (Å²) in [6.45, 7) is 7.62. The number of nitrogens with zero attached hydrogens (tertiary/aromatic N) is 1. The molecule has 0 radical (unpaired) electrons. The topological polar surface area (TPSA) is 70.9 Å². The number of amides is 1. The lowest BCUT2D eigenvalue weighted by Crippen LogP contribution is -3.14. The number of sulfonamides is 1. The van der Waals surface area contributed by atoms with Gasteiger partial charge in [0.05, 0.1) is 42.5 Å². The highest BCUT2D eigenvalue weighted by Crippen LogP contribution is 2.28. The minimum atomic E-state index is -3.49. The van der Waals surface area contributed by atoms with Gasteiger partial charge < -0.3 is 10.2 Å². The lowest BCUT2D eigenvalue weighted by Gasteiger charge is -2.30. The first-order chi connectivity index (χ1) is 9.90. The van der Waals surface area contributed by atoms with Crippen molar-refractivity contribution in [2.75, 3.05) is 39.8 Å². The molecule has 1 saturated heterocycles. The van der Waals surface area contributed by atoms with Gasteiger partial charge in [0, 0.05) is 11.9 Å². The van der Waals surface area contributed by atoms with Gasteiger partial charge in [0.15, 0.2) is 0 Å². The lowest BCUT2D eigenvalue weighted by molar-refractivity contribution is -0.901. The average molecular weight is 332 g/mol. The first kappa shape index (κ1) is 16.4. The molecule has 0 spiro atoms. The van der Waals surface area contributed by atoms with Crippen LogP contribution in [0, 0.1) is 6.92 Å². The van der Waals surface area contributed by atoms with Crippen LogP contribution >= 0.6 is 11.3 Å². The minimum absolute atomic E-state index is 0.246. The van der Waals surface area contributed by atoms with Crippen molar-refractivity contribution in [3.63, 3.8) is 0 Å². The molecular weight excluding hydrogens is 310 g/mol. The summed E-state index contributed by atoms with van der Waals surface area (Å²) in [6.07, 6.45) is 0. The molecule has 2 N–H and O–H groups in total. The number of rotatable bonds is 4. The van der Waals surface area contributed by atoms with E-state index in [2.05, 4.69) is 12.2 Å². The van der Waals surface area contributed by atoms with Crippen LogP contribution in [-0.2, 0) is 10.0 Å². The molecule has 0 aromatic carbocycles. The van der Waals surface area contributed by atoms with Crippen LogP contribution in [0.2, 0.25) is 0 Å². The second-order valence-electron chi connectivity index (χ2n) is 5.12. The molecule has 1 aliphatic rings. The van der Waals surface area contributed by atoms with Crippen molar-refractivity contribution in [1.29, 1.82) is 0 Å². The van der Waals surface area contributed by atoms with E-state index < -0.39 is 10.0 Å². The molecule has 118 valence electrons. The summed E-state index contributed by atoms with van der Waals surface area (Å²) in [4.78, 5) is 14.4. The Morgan fingerprint density at radius 1 is 1.43 bits per heavy atom. The summed E-state index contributed by atoms with van der Waals surface area (Å²) in [7, 11) is -1.95. The molecule has 0 unspecified atom stereocenters. The van der Waals surface area contributed by atoms with E-state index in [4.69, 9.17) is 0 Å². The number of nitrogens with one attached hydrogen (secondary N) is 2. The fraction of sp³-hybridized carbons (Fsp3) is 0.615. The zero-order chi connectivity index (χ0) is 15.6. The Labute approximate surface area is 129 Å². The molecule has 0 aliphatic carbocycles. The summed E-state index contributed by atoms with van der Waals surface area (Å²) in [5.74, 6) is -0.246. The van der Waals surface area contributed by atoms with Crippen molar-refractivity contribution in [2.24, 2.45) is 0 Å². The molecule has 0 bridgehead atoms. The van der Waals surface area contributed by atoms with Gasteiger partial charge >= 0.3 is 0 Å². The van der Waals surface area contributed by atoms with Gasteiger partial charge in [0.25, 0.3) is 5.91 Å². The van der Waals surface area contributed by atoms with E-state index in [0.29, 0.717) is 22.8 Å². The summed E-state index contributed by atoms with van der Waals surface area (Å²) in [5.41, 5.74) is 0. The summed E-state index contributed by atoms with van der Waals surface area (Å²) in [6, 6.07) is 1.49. The Kier molecular flexibility index (Phi) is 5.03. The number of likely N-dealkylation sites (N-methyl/N-ethyl adjacent to an activating group) is 1. The number of hydrogen-bond donors (Lipinski definition) is 2. The highest BCUT2D eigenvalue weighted by Gasteiger charge is 2.32. The quantitative estimate of drug-likeness (QED) is 0.768. The number of thiophene rings is 1. The average Bonchev–Trinajstić information content (AvgIpc) is 2.89. The summed E-state index contributed by atoms with van der Waals surface area (Å²) >= 11 is 1.22. The Balaban J connectivity index is 2.24. The van der Waals surface area contributed by atoms with E-state index in [0.717, 1.165) is 19.6 Å². The second-order valence-corrected chi connectivity index (χ2v) is 8.28. The molecule has 1 aromatic rings. The number of piperazine rings is 1. The summed E-state index contributed by atoms with van der Waals surface area (Å²) in [5, 5.41) is 2.53. The van der Waals surface area contributed by atoms with Crippen LogP contribution in [-0.4, -0.2) is 58.4 Å². The molecule has 1 aromatic heterocycles. The second kappa shape index (κ2) is 6.43. The Morgan fingerprint density at radius 3 is 2.57 bits per heavy atom. The van der Waals surface area contributed by atoms with E-state index in [-0.39, 0.29) is 10.8 Å². The molecule has 1 fully saturated rings. The van der Waals surface area contributed by atoms with Gasteiger partial charge in [-0.1, -0.05) is 0 Å². The van der Waals surface area contributed by atoms with Gasteiger partial charge in [-0.25, -0.2) is 8.42 Å². The maximum atomic E-state index is 12.7. The summed E-state index contributed by atoms with van der Waals surface area (Å²) < 4.78 is 27.0. The van der Waals surface area contributed by atoms with Crippen molar-refractivity contribution in [3.8, 4) is 0 Å². The van der Waals surface area contributed by atoms with Crippen LogP contribution in [0.4, 0.5) is 0 Å². The number of carbonyl (C=O) groups is 1. The zero-order valence-electron chi connectivity index (χ0n) is 12.6. The van der Waals surface area contributed by atoms with Crippen LogP contribution in [0.15, 0.2) is 11.0 Å². The van der Waals surface area contributed by atoms with Crippen LogP contribution in [0.25, 0.3) is 0 Å². The van der Waals surface area contributed by atoms with E-state index >= 15 is 0 Å². The van der Waals surface area contributed by atoms with Crippen molar-refractivity contribution in [1.82, 2.24) is 9.62 Å². The van der Waals surface area contributed by atoms with Gasteiger partial charge in [-0.05, 0) is 19.9 Å². The first-order valence-corrected chi connectivity index (χ1v) is 9.32. The Bertz CT molecular complexity index is 617. The molecule has 8 heteroatoms. The fourth-order valence-corrected chi connectivity index (χ4v) is 5.44. The monoisotopic (exact) mass is 332 g/mol. The van der Waals surface area contributed by atoms with Crippen molar-refractivity contribution < 1.29 is 18.1 Å². The molecular formula is C13H22N3O3S2+. The third-order valence-corrected chi connectivity index (χ3v) is 7.07. The maximum Gasteiger partial charge on any atom is 0.261 e. The van der Waals surface area contributed by atoms with Crippen LogP contribution in [0.1, 0.15) is 21.5 Å². The molecule has 1 aliphatic heterocycles. The molecule has 21 heavy (non-hydrogen) atoms. The highest BCUT2D eigenvalue weighted by molar-refractivity contribution is 7.89. The van der Waals surface area contributed by atoms with Crippen LogP contribution in [0.3, 0.4) is 0 Å². The van der Waals surface area contributed by atoms with Crippen molar-refractivity contribution >= 4 is 27.3 Å². The van der Waals surface area contributed by atoms with Crippen molar-refractivity contribution in [2.45, 2.75) is 18.7 Å². The standard InChI is InChI=1S/C13H21N3O3S2/c1-4-15-5-7-16(8-6-15)21(18,19)12-9-11(13(17)14-3)20-10(12)2/h9H,4-8H2,1-3H3,(H,14,17)/p+1. The smallest absolute Gasteiger partial charge is 0.261 e. The van der Waals surface area contributed by atoms with Gasteiger partial charge in [0.2, 0.25) is 10.0 Å². The first-order valence-electron chi connectivity index (χ1n) is 7.06. The normalized spacial score (nSPS) is 17.9. The number of carbonyl (C=O) groups excluding carboxylic acids is 1. The van der Waals surface area contributed by atoms with Crippen LogP contribution in [0.5, 0.6) is 0 Å². The van der Waals surface area contributed by atoms with Crippen LogP contribution < -0.4 is 10.2 Å². The maximum absolute atomic E-state index is 12.7. The van der Waals surface area contributed by atoms with Gasteiger partial charge in [-0.3, -0.25) is 4.79 Å². The lowest BCUT2D eigenvalue weighted by atomic mass is 10.4. The van der Waals surface area contributed by atoms with E-state index in [1.165, 1.54) is 33.7 Å². The van der Waals surface area contributed by atoms with E-state index in [1.54, 1.807) is 6.92 Å². The van der Waals surface area contributed by atoms with Gasteiger partial charge in [-0.2, -0.15) is 4.31 Å². The Hall–Kier alpha value is -0.960. The molecule has 2 rings (SSSR count). The van der Waals surface area contributed by atoms with Gasteiger partial charge in [0.1, 0.15) is 0 Å². The molecule has 6 nitrogen and oxygen atoms in total. The SMILES string of the molecule is CC[NH+]1CCN(S(=O)(=O)c2cc(C(=O)NC)sc2C)CC1. The molecule has 0 saturated carbocycles. The molecule has 2 heterocycles. The zero-order valence-corrected chi connectivity index (χ0v) is 14.2. The largest absolute Gasteiger partial charge is 0.354 e. The van der Waals surface area contributed by atoms with E-state index in [9.17, 15) is 13.2 Å². The fourth-order valence-electron chi connectivity index (χ4n) is 2.49. The van der Waals surface area contributed by atoms with Gasteiger partial charge in [-0.15, -0.1) is 11.3 Å². The Morgan fingerprint density at radius 2 is 2.05 bits per heavy atom. The third-order valence-electron chi connectivity index (χ3n) is 3.87. The third kappa shape index (κ3) is 3.28. The highest BCUT2D eigenvalue weighted by atomic mass is 32.2. The molecule has 1 amide bonds.